The van der Waals surface area contributed by atoms with Crippen molar-refractivity contribution in [1.82, 2.24) is 0 Å². The molecule has 0 atom stereocenters. The van der Waals surface area contributed by atoms with E-state index in [-0.39, 0.29) is 21.1 Å². The SMILES string of the molecule is CP(OCCCCSC(=O)C(C)(C)C)OCCCCSC(=O)C(C)(C)C. The third-order valence-corrected chi connectivity index (χ3v) is 7.14. The van der Waals surface area contributed by atoms with E-state index < -0.39 is 8.38 Å². The smallest absolute Gasteiger partial charge is 0.194 e. The zero-order valence-electron chi connectivity index (χ0n) is 17.6. The first-order valence-electron chi connectivity index (χ1n) is 9.28. The highest BCUT2D eigenvalue weighted by molar-refractivity contribution is 8.14. The van der Waals surface area contributed by atoms with E-state index in [2.05, 4.69) is 0 Å². The Labute approximate surface area is 170 Å². The van der Waals surface area contributed by atoms with Crippen LogP contribution in [-0.4, -0.2) is 41.6 Å². The summed E-state index contributed by atoms with van der Waals surface area (Å²) < 4.78 is 11.4. The summed E-state index contributed by atoms with van der Waals surface area (Å²) in [6.45, 7) is 15.1. The fourth-order valence-corrected chi connectivity index (χ4v) is 4.38. The van der Waals surface area contributed by atoms with Gasteiger partial charge in [0.1, 0.15) is 0 Å². The highest BCUT2D eigenvalue weighted by atomic mass is 32.2. The van der Waals surface area contributed by atoms with E-state index in [1.807, 2.05) is 48.2 Å². The summed E-state index contributed by atoms with van der Waals surface area (Å²) in [5.74, 6) is 1.71. The minimum Gasteiger partial charge on any atom is -0.334 e. The molecule has 154 valence electrons. The fourth-order valence-electron chi connectivity index (χ4n) is 1.59. The van der Waals surface area contributed by atoms with Crippen LogP contribution < -0.4 is 0 Å². The molecule has 0 bridgehead atoms. The Balaban J connectivity index is 3.49. The van der Waals surface area contributed by atoms with Crippen LogP contribution in [-0.2, 0) is 18.6 Å². The molecule has 0 aliphatic rings. The Morgan fingerprint density at radius 2 is 1.08 bits per heavy atom. The Kier molecular flexibility index (Phi) is 13.8. The van der Waals surface area contributed by atoms with Crippen LogP contribution in [0, 0.1) is 10.8 Å². The number of rotatable bonds is 12. The van der Waals surface area contributed by atoms with Crippen LogP contribution in [0.1, 0.15) is 67.2 Å². The predicted molar refractivity (Wildman–Crippen MR) is 117 cm³/mol. The molecule has 0 rings (SSSR count). The first-order valence-corrected chi connectivity index (χ1v) is 12.9. The van der Waals surface area contributed by atoms with Crippen LogP contribution in [0.15, 0.2) is 0 Å². The van der Waals surface area contributed by atoms with Gasteiger partial charge in [0.05, 0.1) is 13.2 Å². The van der Waals surface area contributed by atoms with Crippen molar-refractivity contribution in [1.29, 1.82) is 0 Å². The van der Waals surface area contributed by atoms with E-state index in [9.17, 15) is 9.59 Å². The van der Waals surface area contributed by atoms with E-state index in [4.69, 9.17) is 9.05 Å². The third kappa shape index (κ3) is 14.4. The van der Waals surface area contributed by atoms with E-state index in [1.165, 1.54) is 23.5 Å². The van der Waals surface area contributed by atoms with Gasteiger partial charge in [-0.05, 0) is 25.7 Å². The van der Waals surface area contributed by atoms with Gasteiger partial charge in [0, 0.05) is 29.0 Å². The third-order valence-electron chi connectivity index (χ3n) is 3.31. The van der Waals surface area contributed by atoms with Crippen molar-refractivity contribution in [3.05, 3.63) is 0 Å². The first kappa shape index (κ1) is 26.4. The number of hydrogen-bond acceptors (Lipinski definition) is 6. The second-order valence-corrected chi connectivity index (χ2v) is 11.8. The fraction of sp³-hybridized carbons (Fsp3) is 0.895. The molecule has 4 nitrogen and oxygen atoms in total. The molecule has 0 aliphatic heterocycles. The van der Waals surface area contributed by atoms with Crippen LogP contribution in [0.25, 0.3) is 0 Å². The predicted octanol–water partition coefficient (Wildman–Crippen LogP) is 6.13. The summed E-state index contributed by atoms with van der Waals surface area (Å²) in [5, 5.41) is 0.503. The molecule has 0 fully saturated rings. The topological polar surface area (TPSA) is 52.6 Å². The lowest BCUT2D eigenvalue weighted by Crippen LogP contribution is -2.16. The second-order valence-electron chi connectivity index (χ2n) is 8.29. The molecule has 0 amide bonds. The molecule has 7 heteroatoms. The standard InChI is InChI=1S/C19H37O4PS2/c1-18(2,3)16(20)25-14-10-8-12-22-24(7)23-13-9-11-15-26-17(21)19(4,5)6/h8-15H2,1-7H3. The van der Waals surface area contributed by atoms with Crippen molar-refractivity contribution in [3.63, 3.8) is 0 Å². The Morgan fingerprint density at radius 1 is 0.731 bits per heavy atom. The second kappa shape index (κ2) is 13.5. The van der Waals surface area contributed by atoms with Gasteiger partial charge in [-0.25, -0.2) is 0 Å². The van der Waals surface area contributed by atoms with Gasteiger partial charge in [-0.1, -0.05) is 65.1 Å². The average molecular weight is 425 g/mol. The van der Waals surface area contributed by atoms with Crippen molar-refractivity contribution in [2.24, 2.45) is 10.8 Å². The van der Waals surface area contributed by atoms with Crippen LogP contribution >= 0.6 is 31.9 Å². The van der Waals surface area contributed by atoms with Crippen LogP contribution in [0.3, 0.4) is 0 Å². The molecule has 0 N–H and O–H groups in total. The molecule has 0 aliphatic carbocycles. The van der Waals surface area contributed by atoms with Crippen molar-refractivity contribution in [2.75, 3.05) is 31.4 Å². The number of thioether (sulfide) groups is 2. The maximum atomic E-state index is 11.8. The molecule has 0 spiro atoms. The van der Waals surface area contributed by atoms with Gasteiger partial charge >= 0.3 is 0 Å². The maximum absolute atomic E-state index is 11.8. The molecule has 0 saturated heterocycles. The molecule has 0 unspecified atom stereocenters. The van der Waals surface area contributed by atoms with Gasteiger partial charge in [0.2, 0.25) is 0 Å². The summed E-state index contributed by atoms with van der Waals surface area (Å²) >= 11 is 2.84. The molecule has 0 radical (unpaired) electrons. The molecule has 0 aromatic carbocycles. The molecule has 0 aromatic heterocycles. The van der Waals surface area contributed by atoms with Crippen molar-refractivity contribution < 1.29 is 18.6 Å². The number of hydrogen-bond donors (Lipinski definition) is 0. The zero-order valence-corrected chi connectivity index (χ0v) is 20.1. The van der Waals surface area contributed by atoms with Gasteiger partial charge in [-0.2, -0.15) is 0 Å². The lowest BCUT2D eigenvalue weighted by Gasteiger charge is -2.16. The summed E-state index contributed by atoms with van der Waals surface area (Å²) in [5.41, 5.74) is -0.517. The largest absolute Gasteiger partial charge is 0.334 e. The Morgan fingerprint density at radius 3 is 1.38 bits per heavy atom. The van der Waals surface area contributed by atoms with Crippen molar-refractivity contribution in [2.45, 2.75) is 67.2 Å². The van der Waals surface area contributed by atoms with E-state index in [0.29, 0.717) is 13.2 Å². The Bertz CT molecular complexity index is 379. The molecule has 0 saturated carbocycles. The first-order chi connectivity index (χ1) is 11.9. The molecule has 26 heavy (non-hydrogen) atoms. The normalized spacial score (nSPS) is 12.6. The maximum Gasteiger partial charge on any atom is 0.194 e. The summed E-state index contributed by atoms with van der Waals surface area (Å²) in [6, 6.07) is 0. The summed E-state index contributed by atoms with van der Waals surface area (Å²) in [7, 11) is -0.832. The number of unbranched alkanes of at least 4 members (excludes halogenated alkanes) is 2. The molecule has 0 aromatic rings. The highest BCUT2D eigenvalue weighted by Crippen LogP contribution is 2.34. The van der Waals surface area contributed by atoms with Gasteiger partial charge < -0.3 is 9.05 Å². The van der Waals surface area contributed by atoms with Gasteiger partial charge in [0.25, 0.3) is 0 Å². The van der Waals surface area contributed by atoms with Gasteiger partial charge in [0.15, 0.2) is 18.6 Å². The lowest BCUT2D eigenvalue weighted by atomic mass is 9.99. The minimum atomic E-state index is -0.832. The quantitative estimate of drug-likeness (QED) is 0.277. The molecular formula is C19H37O4PS2. The monoisotopic (exact) mass is 424 g/mol. The number of carbonyl (C=O) groups excluding carboxylic acids is 2. The zero-order chi connectivity index (χ0) is 20.2. The van der Waals surface area contributed by atoms with Crippen LogP contribution in [0.2, 0.25) is 0 Å². The summed E-state index contributed by atoms with van der Waals surface area (Å²) in [6.07, 6.45) is 3.86. The van der Waals surface area contributed by atoms with E-state index >= 15 is 0 Å². The molecular weight excluding hydrogens is 387 g/mol. The van der Waals surface area contributed by atoms with Crippen LogP contribution in [0.4, 0.5) is 0 Å². The van der Waals surface area contributed by atoms with E-state index in [1.54, 1.807) is 0 Å². The van der Waals surface area contributed by atoms with Gasteiger partial charge in [-0.3, -0.25) is 9.59 Å². The molecule has 0 heterocycles. The minimum absolute atomic E-state index is 0.252. The van der Waals surface area contributed by atoms with Crippen molar-refractivity contribution in [3.8, 4) is 0 Å². The Hall–Kier alpha value is 0.390. The van der Waals surface area contributed by atoms with Crippen LogP contribution in [0.5, 0.6) is 0 Å². The lowest BCUT2D eigenvalue weighted by molar-refractivity contribution is -0.118. The number of carbonyl (C=O) groups is 2. The van der Waals surface area contributed by atoms with Crippen molar-refractivity contribution >= 4 is 42.1 Å². The van der Waals surface area contributed by atoms with Gasteiger partial charge in [-0.15, -0.1) is 0 Å². The highest BCUT2D eigenvalue weighted by Gasteiger charge is 2.21. The van der Waals surface area contributed by atoms with E-state index in [0.717, 1.165) is 37.2 Å². The average Bonchev–Trinajstić information content (AvgIpc) is 2.51. The summed E-state index contributed by atoms with van der Waals surface area (Å²) in [4.78, 5) is 23.6.